The van der Waals surface area contributed by atoms with E-state index in [9.17, 15) is 17.6 Å². The van der Waals surface area contributed by atoms with Gasteiger partial charge in [0.05, 0.1) is 29.9 Å². The SMILES string of the molecule is Cn1cnc(-c2cc(-c3nn[nH]c3C(F)(F)F)ccn2)c1-c1c(OCCN2CCCC2)cc(F)cc1OCC1CC1. The van der Waals surface area contributed by atoms with Crippen molar-refractivity contribution in [2.75, 3.05) is 32.8 Å². The summed E-state index contributed by atoms with van der Waals surface area (Å²) in [5.74, 6) is 0.530. The number of halogens is 4. The number of rotatable bonds is 10. The molecule has 1 aliphatic heterocycles. The first-order valence-corrected chi connectivity index (χ1v) is 13.6. The molecular formula is C28H29F4N7O2. The molecule has 0 spiro atoms. The third-order valence-corrected chi connectivity index (χ3v) is 7.35. The van der Waals surface area contributed by atoms with Gasteiger partial charge in [-0.15, -0.1) is 5.10 Å². The van der Waals surface area contributed by atoms with Crippen LogP contribution in [0.3, 0.4) is 0 Å². The van der Waals surface area contributed by atoms with Gasteiger partial charge in [0.2, 0.25) is 0 Å². The van der Waals surface area contributed by atoms with E-state index in [2.05, 4.69) is 25.2 Å². The van der Waals surface area contributed by atoms with E-state index in [0.717, 1.165) is 38.8 Å². The second-order valence-corrected chi connectivity index (χ2v) is 10.4. The molecule has 3 aromatic heterocycles. The number of H-pyrrole nitrogens is 1. The van der Waals surface area contributed by atoms with Crippen LogP contribution in [-0.2, 0) is 13.2 Å². The molecule has 4 heterocycles. The third-order valence-electron chi connectivity index (χ3n) is 7.35. The molecule has 2 aliphatic rings. The fourth-order valence-corrected chi connectivity index (χ4v) is 5.05. The number of aromatic nitrogens is 6. The molecule has 216 valence electrons. The standard InChI is InChI=1S/C28H29F4N7O2/c1-38-16-34-25(20-12-18(6-7-33-20)24-27(28(30,31)32)36-37-35-24)26(38)23-21(40-11-10-39-8-2-3-9-39)13-19(29)14-22(23)41-15-17-4-5-17/h6-7,12-14,16-17H,2-5,8-11,15H2,1H3,(H,35,36,37). The summed E-state index contributed by atoms with van der Waals surface area (Å²) in [4.78, 5) is 11.2. The molecule has 1 aliphatic carbocycles. The highest BCUT2D eigenvalue weighted by molar-refractivity contribution is 5.85. The van der Waals surface area contributed by atoms with Crippen LogP contribution in [0.2, 0.25) is 0 Å². The fourth-order valence-electron chi connectivity index (χ4n) is 5.05. The first-order chi connectivity index (χ1) is 19.8. The molecule has 13 heteroatoms. The predicted molar refractivity (Wildman–Crippen MR) is 142 cm³/mol. The van der Waals surface area contributed by atoms with Crippen LogP contribution in [0.4, 0.5) is 17.6 Å². The summed E-state index contributed by atoms with van der Waals surface area (Å²) in [6.07, 6.45) is 2.70. The van der Waals surface area contributed by atoms with Crippen molar-refractivity contribution < 1.29 is 27.0 Å². The molecule has 1 saturated heterocycles. The Kier molecular flexibility index (Phi) is 7.37. The Labute approximate surface area is 233 Å². The lowest BCUT2D eigenvalue weighted by Crippen LogP contribution is -2.25. The van der Waals surface area contributed by atoms with Gasteiger partial charge in [0.25, 0.3) is 0 Å². The number of imidazole rings is 1. The van der Waals surface area contributed by atoms with Crippen LogP contribution in [0, 0.1) is 11.7 Å². The zero-order valence-electron chi connectivity index (χ0n) is 22.4. The zero-order chi connectivity index (χ0) is 28.6. The Morgan fingerprint density at radius 1 is 1.02 bits per heavy atom. The molecule has 0 bridgehead atoms. The smallest absolute Gasteiger partial charge is 0.435 e. The molecular weight excluding hydrogens is 542 g/mol. The van der Waals surface area contributed by atoms with Crippen LogP contribution in [-0.4, -0.2) is 67.7 Å². The third kappa shape index (κ3) is 5.90. The second-order valence-electron chi connectivity index (χ2n) is 10.4. The normalized spacial score (nSPS) is 15.9. The summed E-state index contributed by atoms with van der Waals surface area (Å²) in [5.41, 5.74) is 0.479. The topological polar surface area (TPSA) is 94.0 Å². The van der Waals surface area contributed by atoms with Crippen LogP contribution in [0.5, 0.6) is 11.5 Å². The van der Waals surface area contributed by atoms with E-state index in [1.54, 1.807) is 17.9 Å². The molecule has 1 saturated carbocycles. The van der Waals surface area contributed by atoms with Gasteiger partial charge >= 0.3 is 6.18 Å². The fraction of sp³-hybridized carbons (Fsp3) is 0.429. The Balaban J connectivity index is 1.41. The van der Waals surface area contributed by atoms with Gasteiger partial charge in [0, 0.05) is 37.5 Å². The molecule has 2 fully saturated rings. The minimum Gasteiger partial charge on any atom is -0.492 e. The minimum absolute atomic E-state index is 0.166. The summed E-state index contributed by atoms with van der Waals surface area (Å²) >= 11 is 0. The molecule has 0 amide bonds. The second kappa shape index (κ2) is 11.1. The molecule has 0 radical (unpaired) electrons. The number of hydrogen-bond acceptors (Lipinski definition) is 7. The van der Waals surface area contributed by atoms with Crippen LogP contribution >= 0.6 is 0 Å². The van der Waals surface area contributed by atoms with E-state index < -0.39 is 17.7 Å². The van der Waals surface area contributed by atoms with Gasteiger partial charge in [-0.25, -0.2) is 9.37 Å². The predicted octanol–water partition coefficient (Wildman–Crippen LogP) is 5.36. The van der Waals surface area contributed by atoms with Crippen LogP contribution in [0.15, 0.2) is 36.8 Å². The first-order valence-electron chi connectivity index (χ1n) is 13.6. The number of alkyl halides is 3. The van der Waals surface area contributed by atoms with Gasteiger partial charge < -0.3 is 14.0 Å². The van der Waals surface area contributed by atoms with E-state index >= 15 is 0 Å². The lowest BCUT2D eigenvalue weighted by Gasteiger charge is -2.20. The van der Waals surface area contributed by atoms with E-state index in [1.165, 1.54) is 30.5 Å². The summed E-state index contributed by atoms with van der Waals surface area (Å²) < 4.78 is 69.5. The van der Waals surface area contributed by atoms with Gasteiger partial charge in [-0.2, -0.15) is 13.2 Å². The molecule has 4 aromatic rings. The number of aromatic amines is 1. The molecule has 6 rings (SSSR count). The lowest BCUT2D eigenvalue weighted by molar-refractivity contribution is -0.140. The van der Waals surface area contributed by atoms with Crippen LogP contribution in [0.1, 0.15) is 31.4 Å². The quantitative estimate of drug-likeness (QED) is 0.256. The van der Waals surface area contributed by atoms with E-state index in [0.29, 0.717) is 59.8 Å². The average molecular weight is 572 g/mol. The van der Waals surface area contributed by atoms with E-state index in [4.69, 9.17) is 9.47 Å². The van der Waals surface area contributed by atoms with Crippen molar-refractivity contribution in [1.82, 2.24) is 34.8 Å². The van der Waals surface area contributed by atoms with Crippen molar-refractivity contribution in [2.45, 2.75) is 31.9 Å². The van der Waals surface area contributed by atoms with Crippen molar-refractivity contribution in [3.05, 3.63) is 48.3 Å². The molecule has 0 atom stereocenters. The van der Waals surface area contributed by atoms with E-state index in [-0.39, 0.29) is 11.3 Å². The van der Waals surface area contributed by atoms with Crippen molar-refractivity contribution in [1.29, 1.82) is 0 Å². The van der Waals surface area contributed by atoms with Gasteiger partial charge in [-0.05, 0) is 56.8 Å². The highest BCUT2D eigenvalue weighted by atomic mass is 19.4. The maximum atomic E-state index is 14.9. The van der Waals surface area contributed by atoms with Gasteiger partial charge in [-0.1, -0.05) is 5.21 Å². The Bertz CT molecular complexity index is 1520. The molecule has 0 unspecified atom stereocenters. The number of likely N-dealkylation sites (tertiary alicyclic amines) is 1. The molecule has 9 nitrogen and oxygen atoms in total. The van der Waals surface area contributed by atoms with E-state index in [1.807, 2.05) is 5.10 Å². The van der Waals surface area contributed by atoms with Crippen molar-refractivity contribution in [3.63, 3.8) is 0 Å². The van der Waals surface area contributed by atoms with Gasteiger partial charge in [0.15, 0.2) is 5.69 Å². The minimum atomic E-state index is -4.67. The van der Waals surface area contributed by atoms with Gasteiger partial charge in [0.1, 0.15) is 35.3 Å². The summed E-state index contributed by atoms with van der Waals surface area (Å²) in [5, 5.41) is 8.95. The molecule has 1 N–H and O–H groups in total. The number of ether oxygens (including phenoxy) is 2. The average Bonchev–Trinajstić information content (AvgIpc) is 3.30. The summed E-state index contributed by atoms with van der Waals surface area (Å²) in [6.45, 7) is 3.51. The molecule has 1 aromatic carbocycles. The van der Waals surface area contributed by atoms with Crippen LogP contribution < -0.4 is 9.47 Å². The Morgan fingerprint density at radius 3 is 2.51 bits per heavy atom. The Hall–Kier alpha value is -4.00. The number of pyridine rings is 1. The lowest BCUT2D eigenvalue weighted by atomic mass is 10.0. The number of nitrogens with zero attached hydrogens (tertiary/aromatic N) is 6. The maximum absolute atomic E-state index is 14.9. The number of hydrogen-bond donors (Lipinski definition) is 1. The zero-order valence-corrected chi connectivity index (χ0v) is 22.4. The van der Waals surface area contributed by atoms with Gasteiger partial charge in [-0.3, -0.25) is 15.0 Å². The van der Waals surface area contributed by atoms with Crippen molar-refractivity contribution in [3.8, 4) is 45.4 Å². The molecule has 41 heavy (non-hydrogen) atoms. The summed E-state index contributed by atoms with van der Waals surface area (Å²) in [6, 6.07) is 5.56. The first kappa shape index (κ1) is 27.2. The largest absolute Gasteiger partial charge is 0.492 e. The van der Waals surface area contributed by atoms with Crippen molar-refractivity contribution >= 4 is 0 Å². The highest BCUT2D eigenvalue weighted by Gasteiger charge is 2.37. The monoisotopic (exact) mass is 571 g/mol. The number of benzene rings is 1. The maximum Gasteiger partial charge on any atom is 0.435 e. The number of aryl methyl sites for hydroxylation is 1. The summed E-state index contributed by atoms with van der Waals surface area (Å²) in [7, 11) is 1.77. The number of nitrogens with one attached hydrogen (secondary N) is 1. The highest BCUT2D eigenvalue weighted by Crippen LogP contribution is 2.44. The van der Waals surface area contributed by atoms with Crippen LogP contribution in [0.25, 0.3) is 33.9 Å². The van der Waals surface area contributed by atoms with Crippen molar-refractivity contribution in [2.24, 2.45) is 13.0 Å². The Morgan fingerprint density at radius 2 is 1.78 bits per heavy atom.